The average Bonchev–Trinajstić information content (AvgIpc) is 2.39. The number of amides is 1. The van der Waals surface area contributed by atoms with Gasteiger partial charge in [-0.1, -0.05) is 17.7 Å². The number of benzene rings is 1. The van der Waals surface area contributed by atoms with Gasteiger partial charge in [0.05, 0.1) is 0 Å². The van der Waals surface area contributed by atoms with Gasteiger partial charge in [0.25, 0.3) is 5.91 Å². The van der Waals surface area contributed by atoms with Crippen LogP contribution in [0.4, 0.5) is 0 Å². The van der Waals surface area contributed by atoms with Crippen molar-refractivity contribution in [2.75, 3.05) is 13.2 Å². The molecule has 0 aromatic heterocycles. The molecule has 98 valence electrons. The summed E-state index contributed by atoms with van der Waals surface area (Å²) in [4.78, 5) is 14.3. The number of aliphatic hydroxyl groups excluding tert-OH is 1. The normalized spacial score (nSPS) is 19.9. The molecule has 2 rings (SSSR count). The maximum Gasteiger partial charge on any atom is 0.254 e. The molecule has 1 amide bonds. The second kappa shape index (κ2) is 6.21. The summed E-state index contributed by atoms with van der Waals surface area (Å²) in [6.45, 7) is 0.903. The highest BCUT2D eigenvalue weighted by molar-refractivity contribution is 6.30. The second-order valence-electron chi connectivity index (χ2n) is 4.67. The Bertz CT molecular complexity index is 420. The maximum atomic E-state index is 12.4. The summed E-state index contributed by atoms with van der Waals surface area (Å²) in [5, 5.41) is 9.65. The Morgan fingerprint density at radius 2 is 2.28 bits per heavy atom. The number of likely N-dealkylation sites (tertiary alicyclic amines) is 1. The third-order valence-electron chi connectivity index (χ3n) is 3.42. The van der Waals surface area contributed by atoms with E-state index >= 15 is 0 Å². The lowest BCUT2D eigenvalue weighted by atomic mass is 9.98. The van der Waals surface area contributed by atoms with Crippen LogP contribution in [-0.2, 0) is 0 Å². The molecule has 0 bridgehead atoms. The van der Waals surface area contributed by atoms with Gasteiger partial charge in [-0.25, -0.2) is 0 Å². The average molecular weight is 268 g/mol. The van der Waals surface area contributed by atoms with Crippen LogP contribution in [0.5, 0.6) is 0 Å². The zero-order valence-electron chi connectivity index (χ0n) is 10.3. The van der Waals surface area contributed by atoms with Crippen molar-refractivity contribution in [2.45, 2.75) is 31.7 Å². The van der Waals surface area contributed by atoms with E-state index in [0.29, 0.717) is 17.0 Å². The molecule has 1 unspecified atom stereocenters. The van der Waals surface area contributed by atoms with Crippen LogP contribution in [-0.4, -0.2) is 35.1 Å². The van der Waals surface area contributed by atoms with Crippen molar-refractivity contribution >= 4 is 17.5 Å². The first-order valence-electron chi connectivity index (χ1n) is 6.40. The third kappa shape index (κ3) is 3.03. The SMILES string of the molecule is O=C(c1cccc(Cl)c1)N1CCCCC1CCO. The first kappa shape index (κ1) is 13.4. The van der Waals surface area contributed by atoms with Crippen molar-refractivity contribution in [1.82, 2.24) is 4.90 Å². The monoisotopic (exact) mass is 267 g/mol. The first-order chi connectivity index (χ1) is 8.72. The highest BCUT2D eigenvalue weighted by atomic mass is 35.5. The summed E-state index contributed by atoms with van der Waals surface area (Å²) in [6.07, 6.45) is 3.80. The van der Waals surface area contributed by atoms with E-state index in [9.17, 15) is 4.79 Å². The zero-order chi connectivity index (χ0) is 13.0. The number of piperidine rings is 1. The summed E-state index contributed by atoms with van der Waals surface area (Å²) >= 11 is 5.91. The third-order valence-corrected chi connectivity index (χ3v) is 3.66. The first-order valence-corrected chi connectivity index (χ1v) is 6.77. The number of hydrogen-bond acceptors (Lipinski definition) is 2. The van der Waals surface area contributed by atoms with E-state index in [0.717, 1.165) is 25.8 Å². The van der Waals surface area contributed by atoms with Crippen molar-refractivity contribution in [1.29, 1.82) is 0 Å². The van der Waals surface area contributed by atoms with Gasteiger partial charge >= 0.3 is 0 Å². The predicted molar refractivity (Wildman–Crippen MR) is 71.8 cm³/mol. The standard InChI is InChI=1S/C14H18ClNO2/c15-12-5-3-4-11(10-12)14(18)16-8-2-1-6-13(16)7-9-17/h3-5,10,13,17H,1-2,6-9H2. The Morgan fingerprint density at radius 1 is 1.44 bits per heavy atom. The van der Waals surface area contributed by atoms with Gasteiger partial charge in [-0.05, 0) is 43.9 Å². The minimum atomic E-state index is 0.0238. The van der Waals surface area contributed by atoms with Crippen LogP contribution >= 0.6 is 11.6 Å². The summed E-state index contributed by atoms with van der Waals surface area (Å²) in [5.74, 6) is 0.0238. The van der Waals surface area contributed by atoms with Crippen LogP contribution in [0.1, 0.15) is 36.0 Å². The number of aliphatic hydroxyl groups is 1. The van der Waals surface area contributed by atoms with Gasteiger partial charge in [-0.2, -0.15) is 0 Å². The molecule has 1 saturated heterocycles. The number of carbonyl (C=O) groups is 1. The number of carbonyl (C=O) groups excluding carboxylic acids is 1. The molecular formula is C14H18ClNO2. The topological polar surface area (TPSA) is 40.5 Å². The van der Waals surface area contributed by atoms with Crippen LogP contribution in [0.2, 0.25) is 5.02 Å². The smallest absolute Gasteiger partial charge is 0.254 e. The van der Waals surface area contributed by atoms with Crippen molar-refractivity contribution in [3.63, 3.8) is 0 Å². The Balaban J connectivity index is 2.15. The maximum absolute atomic E-state index is 12.4. The summed E-state index contributed by atoms with van der Waals surface area (Å²) in [6, 6.07) is 7.21. The minimum Gasteiger partial charge on any atom is -0.396 e. The van der Waals surface area contributed by atoms with Gasteiger partial charge in [0.1, 0.15) is 0 Å². The Morgan fingerprint density at radius 3 is 3.00 bits per heavy atom. The van der Waals surface area contributed by atoms with Crippen LogP contribution in [0.15, 0.2) is 24.3 Å². The number of halogens is 1. The number of nitrogens with zero attached hydrogens (tertiary/aromatic N) is 1. The molecule has 1 N–H and O–H groups in total. The van der Waals surface area contributed by atoms with E-state index in [1.165, 1.54) is 0 Å². The van der Waals surface area contributed by atoms with Crippen LogP contribution in [0.25, 0.3) is 0 Å². The molecule has 1 aliphatic heterocycles. The molecule has 0 spiro atoms. The molecule has 18 heavy (non-hydrogen) atoms. The lowest BCUT2D eigenvalue weighted by molar-refractivity contribution is 0.0574. The number of hydrogen-bond donors (Lipinski definition) is 1. The van der Waals surface area contributed by atoms with E-state index in [-0.39, 0.29) is 18.6 Å². The fraction of sp³-hybridized carbons (Fsp3) is 0.500. The van der Waals surface area contributed by atoms with Crippen LogP contribution in [0.3, 0.4) is 0 Å². The van der Waals surface area contributed by atoms with Crippen molar-refractivity contribution in [3.05, 3.63) is 34.9 Å². The summed E-state index contributed by atoms with van der Waals surface area (Å²) < 4.78 is 0. The van der Waals surface area contributed by atoms with E-state index < -0.39 is 0 Å². The Hall–Kier alpha value is -1.06. The molecule has 0 radical (unpaired) electrons. The lowest BCUT2D eigenvalue weighted by Gasteiger charge is -2.35. The summed E-state index contributed by atoms with van der Waals surface area (Å²) in [7, 11) is 0. The zero-order valence-corrected chi connectivity index (χ0v) is 11.1. The molecule has 4 heteroatoms. The molecule has 1 heterocycles. The lowest BCUT2D eigenvalue weighted by Crippen LogP contribution is -2.44. The van der Waals surface area contributed by atoms with Crippen molar-refractivity contribution in [2.24, 2.45) is 0 Å². The minimum absolute atomic E-state index is 0.0238. The molecule has 1 aromatic rings. The Labute approximate surface area is 112 Å². The van der Waals surface area contributed by atoms with E-state index in [4.69, 9.17) is 16.7 Å². The molecule has 1 aliphatic rings. The van der Waals surface area contributed by atoms with Crippen molar-refractivity contribution < 1.29 is 9.90 Å². The highest BCUT2D eigenvalue weighted by Crippen LogP contribution is 2.22. The van der Waals surface area contributed by atoms with Crippen LogP contribution < -0.4 is 0 Å². The second-order valence-corrected chi connectivity index (χ2v) is 5.11. The molecule has 1 aromatic carbocycles. The highest BCUT2D eigenvalue weighted by Gasteiger charge is 2.26. The van der Waals surface area contributed by atoms with E-state index in [2.05, 4.69) is 0 Å². The molecule has 1 fully saturated rings. The van der Waals surface area contributed by atoms with Crippen LogP contribution in [0, 0.1) is 0 Å². The predicted octanol–water partition coefficient (Wildman–Crippen LogP) is 2.72. The van der Waals surface area contributed by atoms with Gasteiger partial charge < -0.3 is 10.0 Å². The van der Waals surface area contributed by atoms with E-state index in [1.54, 1.807) is 24.3 Å². The van der Waals surface area contributed by atoms with Gasteiger partial charge in [-0.15, -0.1) is 0 Å². The van der Waals surface area contributed by atoms with Gasteiger partial charge in [0.2, 0.25) is 0 Å². The van der Waals surface area contributed by atoms with Gasteiger partial charge in [0.15, 0.2) is 0 Å². The quantitative estimate of drug-likeness (QED) is 0.915. The molecule has 0 aliphatic carbocycles. The molecule has 0 saturated carbocycles. The molecular weight excluding hydrogens is 250 g/mol. The number of rotatable bonds is 3. The fourth-order valence-corrected chi connectivity index (χ4v) is 2.69. The summed E-state index contributed by atoms with van der Waals surface area (Å²) in [5.41, 5.74) is 0.632. The van der Waals surface area contributed by atoms with Gasteiger partial charge in [-0.3, -0.25) is 4.79 Å². The largest absolute Gasteiger partial charge is 0.396 e. The fourth-order valence-electron chi connectivity index (χ4n) is 2.50. The molecule has 1 atom stereocenters. The Kier molecular flexibility index (Phi) is 4.61. The van der Waals surface area contributed by atoms with Gasteiger partial charge in [0, 0.05) is 29.8 Å². The van der Waals surface area contributed by atoms with E-state index in [1.807, 2.05) is 4.90 Å². The molecule has 3 nitrogen and oxygen atoms in total. The van der Waals surface area contributed by atoms with Crippen molar-refractivity contribution in [3.8, 4) is 0 Å².